The monoisotopic (exact) mass is 467 g/mol. The molecule has 166 valence electrons. The average molecular weight is 467 g/mol. The molecule has 4 heterocycles. The van der Waals surface area contributed by atoms with Gasteiger partial charge >= 0.3 is 15.4 Å². The van der Waals surface area contributed by atoms with Crippen molar-refractivity contribution in [3.63, 3.8) is 0 Å². The Kier molecular flexibility index (Phi) is 5.48. The molecule has 0 bridgehead atoms. The minimum atomic E-state index is -5.00. The molecule has 17 heteroatoms. The summed E-state index contributed by atoms with van der Waals surface area (Å²) in [6.07, 6.45) is -3.59. The number of hydrogen-bond donors (Lipinski definition) is 5. The third-order valence-electron chi connectivity index (χ3n) is 4.62. The lowest BCUT2D eigenvalue weighted by molar-refractivity contribution is -0.0502. The first kappa shape index (κ1) is 21.7. The zero-order chi connectivity index (χ0) is 21.8. The Morgan fingerprint density at radius 2 is 1.90 bits per heavy atom. The van der Waals surface area contributed by atoms with E-state index >= 15 is 0 Å². The van der Waals surface area contributed by atoms with Gasteiger partial charge < -0.3 is 35.2 Å². The molecule has 2 aromatic heterocycles. The van der Waals surface area contributed by atoms with Crippen molar-refractivity contribution >= 4 is 32.4 Å². The fourth-order valence-electron chi connectivity index (χ4n) is 3.06. The van der Waals surface area contributed by atoms with E-state index in [0.717, 1.165) is 0 Å². The second-order valence-corrected chi connectivity index (χ2v) is 10.3. The van der Waals surface area contributed by atoms with Crippen LogP contribution in [0.2, 0.25) is 0 Å². The maximum absolute atomic E-state index is 12.0. The van der Waals surface area contributed by atoms with Gasteiger partial charge in [0.15, 0.2) is 23.5 Å². The van der Waals surface area contributed by atoms with Crippen LogP contribution < -0.4 is 5.73 Å². The van der Waals surface area contributed by atoms with Crippen LogP contribution in [0.4, 0.5) is 5.82 Å². The Morgan fingerprint density at radius 3 is 2.57 bits per heavy atom. The fourth-order valence-corrected chi connectivity index (χ4v) is 6.01. The predicted octanol–water partition coefficient (Wildman–Crippen LogP) is -0.909. The predicted molar refractivity (Wildman–Crippen MR) is 96.7 cm³/mol. The van der Waals surface area contributed by atoms with E-state index in [1.807, 2.05) is 0 Å². The van der Waals surface area contributed by atoms with E-state index in [1.54, 1.807) is 0 Å². The summed E-state index contributed by atoms with van der Waals surface area (Å²) in [4.78, 5) is 31.3. The van der Waals surface area contributed by atoms with Gasteiger partial charge in [-0.05, 0) is 6.92 Å². The SMILES string of the molecule is C[C@@H]1O[C@@H]1P(=O)(O)OP(=O)(O)OCC1OC(n2cnc3c(N)ncnc32)C(O)C1O. The Bertz CT molecular complexity index is 1050. The van der Waals surface area contributed by atoms with Crippen LogP contribution in [0, 0.1) is 0 Å². The van der Waals surface area contributed by atoms with E-state index in [1.165, 1.54) is 24.1 Å². The summed E-state index contributed by atoms with van der Waals surface area (Å²) >= 11 is 0. The van der Waals surface area contributed by atoms with E-state index in [-0.39, 0.29) is 17.0 Å². The maximum atomic E-state index is 12.0. The standard InChI is InChI=1S/C13H19N5O10P2/c1-5-13(26-5)29(21,22)28-30(23,24)25-2-6-8(19)9(20)12(27-6)18-4-17-7-10(14)15-3-16-11(7)18/h3-6,8-9,12-13,19-20H,2H2,1H3,(H,21,22)(H,23,24)(H2,14,15,16)/t5-,6?,8?,9?,12?,13+/m0/s1. The van der Waals surface area contributed by atoms with E-state index in [2.05, 4.69) is 23.8 Å². The van der Waals surface area contributed by atoms with Crippen LogP contribution in [0.15, 0.2) is 12.7 Å². The Balaban J connectivity index is 1.44. The largest absolute Gasteiger partial charge is 0.479 e. The topological polar surface area (TPSA) is 225 Å². The number of phosphoric ester groups is 1. The number of aromatic nitrogens is 4. The highest BCUT2D eigenvalue weighted by Crippen LogP contribution is 2.66. The number of aliphatic hydroxyl groups excluding tert-OH is 2. The molecule has 0 saturated carbocycles. The molecule has 2 fully saturated rings. The molecule has 6 N–H and O–H groups in total. The van der Waals surface area contributed by atoms with Crippen LogP contribution in [0.5, 0.6) is 0 Å². The summed E-state index contributed by atoms with van der Waals surface area (Å²) in [7, 11) is -9.56. The fraction of sp³-hybridized carbons (Fsp3) is 0.615. The molecule has 0 aliphatic carbocycles. The molecular formula is C13H19N5O10P2. The molecule has 2 aliphatic heterocycles. The minimum absolute atomic E-state index is 0.104. The molecule has 15 nitrogen and oxygen atoms in total. The number of aliphatic hydroxyl groups is 2. The molecule has 2 aliphatic rings. The molecule has 2 aromatic rings. The summed E-state index contributed by atoms with van der Waals surface area (Å²) in [5.74, 6) is -1.11. The lowest BCUT2D eigenvalue weighted by atomic mass is 10.1. The zero-order valence-electron chi connectivity index (χ0n) is 15.3. The summed E-state index contributed by atoms with van der Waals surface area (Å²) in [6, 6.07) is 0. The van der Waals surface area contributed by atoms with E-state index < -0.39 is 58.5 Å². The summed E-state index contributed by atoms with van der Waals surface area (Å²) in [5, 5.41) is 20.6. The number of nitrogens with two attached hydrogens (primary N) is 1. The Labute approximate surface area is 168 Å². The second kappa shape index (κ2) is 7.57. The molecule has 4 rings (SSSR count). The number of anilines is 1. The maximum Gasteiger partial charge on any atom is 0.479 e. The number of ether oxygens (including phenoxy) is 2. The Hall–Kier alpha value is -1.51. The van der Waals surface area contributed by atoms with Gasteiger partial charge in [-0.15, -0.1) is 0 Å². The first-order chi connectivity index (χ1) is 14.0. The van der Waals surface area contributed by atoms with E-state index in [0.29, 0.717) is 0 Å². The van der Waals surface area contributed by atoms with Crippen molar-refractivity contribution in [2.75, 3.05) is 12.3 Å². The van der Waals surface area contributed by atoms with Crippen LogP contribution in [0.25, 0.3) is 11.2 Å². The Morgan fingerprint density at radius 1 is 1.20 bits per heavy atom. The molecule has 0 radical (unpaired) electrons. The van der Waals surface area contributed by atoms with Crippen molar-refractivity contribution in [1.82, 2.24) is 19.5 Å². The number of nitrogens with zero attached hydrogens (tertiary/aromatic N) is 4. The number of nitrogen functional groups attached to an aromatic ring is 1. The molecule has 0 aromatic carbocycles. The van der Waals surface area contributed by atoms with Gasteiger partial charge in [-0.2, -0.15) is 0 Å². The van der Waals surface area contributed by atoms with Crippen LogP contribution in [0.1, 0.15) is 13.2 Å². The van der Waals surface area contributed by atoms with Crippen molar-refractivity contribution in [3.05, 3.63) is 12.7 Å². The van der Waals surface area contributed by atoms with Gasteiger partial charge in [0.25, 0.3) is 0 Å². The van der Waals surface area contributed by atoms with Gasteiger partial charge in [0.2, 0.25) is 0 Å². The summed E-state index contributed by atoms with van der Waals surface area (Å²) < 4.78 is 44.6. The number of phosphoric acid groups is 1. The normalized spacial score (nSPS) is 35.2. The number of hydrogen-bond acceptors (Lipinski definition) is 12. The molecule has 0 amide bonds. The third-order valence-corrected chi connectivity index (χ3v) is 8.04. The first-order valence-corrected chi connectivity index (χ1v) is 11.8. The zero-order valence-corrected chi connectivity index (χ0v) is 17.1. The van der Waals surface area contributed by atoms with Crippen molar-refractivity contribution < 1.29 is 47.4 Å². The first-order valence-electron chi connectivity index (χ1n) is 8.61. The third kappa shape index (κ3) is 4.01. The molecule has 30 heavy (non-hydrogen) atoms. The number of fused-ring (bicyclic) bond motifs is 1. The van der Waals surface area contributed by atoms with Crippen molar-refractivity contribution in [2.24, 2.45) is 0 Å². The van der Waals surface area contributed by atoms with Crippen LogP contribution in [-0.4, -0.2) is 76.4 Å². The van der Waals surface area contributed by atoms with Gasteiger partial charge in [0.1, 0.15) is 30.2 Å². The number of epoxide rings is 1. The van der Waals surface area contributed by atoms with Crippen LogP contribution >= 0.6 is 15.4 Å². The van der Waals surface area contributed by atoms with Crippen LogP contribution in [-0.2, 0) is 27.4 Å². The average Bonchev–Trinajstić information content (AvgIpc) is 3.15. The molecule has 2 saturated heterocycles. The quantitative estimate of drug-likeness (QED) is 0.246. The highest BCUT2D eigenvalue weighted by Gasteiger charge is 2.54. The van der Waals surface area contributed by atoms with Crippen molar-refractivity contribution in [2.45, 2.75) is 43.4 Å². The molecular weight excluding hydrogens is 448 g/mol. The van der Waals surface area contributed by atoms with Gasteiger partial charge in [0.05, 0.1) is 19.0 Å². The van der Waals surface area contributed by atoms with Crippen molar-refractivity contribution in [1.29, 1.82) is 0 Å². The van der Waals surface area contributed by atoms with Crippen LogP contribution in [0.3, 0.4) is 0 Å². The van der Waals surface area contributed by atoms with Gasteiger partial charge in [-0.1, -0.05) is 0 Å². The molecule has 0 spiro atoms. The molecule has 6 unspecified atom stereocenters. The summed E-state index contributed by atoms with van der Waals surface area (Å²) in [6.45, 7) is 0.760. The number of imidazole rings is 1. The highest BCUT2D eigenvalue weighted by molar-refractivity contribution is 7.64. The van der Waals surface area contributed by atoms with E-state index in [9.17, 15) is 29.1 Å². The second-order valence-electron chi connectivity index (χ2n) is 6.77. The highest BCUT2D eigenvalue weighted by atomic mass is 31.3. The summed E-state index contributed by atoms with van der Waals surface area (Å²) in [5.41, 5.74) is 6.20. The van der Waals surface area contributed by atoms with Gasteiger partial charge in [-0.3, -0.25) is 13.7 Å². The van der Waals surface area contributed by atoms with Gasteiger partial charge in [-0.25, -0.2) is 23.8 Å². The lowest BCUT2D eigenvalue weighted by Crippen LogP contribution is -2.33. The lowest BCUT2D eigenvalue weighted by Gasteiger charge is -2.19. The minimum Gasteiger partial charge on any atom is -0.387 e. The van der Waals surface area contributed by atoms with E-state index in [4.69, 9.17) is 15.2 Å². The van der Waals surface area contributed by atoms with Gasteiger partial charge in [0, 0.05) is 0 Å². The smallest absolute Gasteiger partial charge is 0.387 e. The molecule has 8 atom stereocenters. The number of rotatable bonds is 7. The van der Waals surface area contributed by atoms with Crippen molar-refractivity contribution in [3.8, 4) is 0 Å².